The summed E-state index contributed by atoms with van der Waals surface area (Å²) < 4.78 is 21.0. The van der Waals surface area contributed by atoms with Crippen LogP contribution >= 0.6 is 0 Å². The predicted octanol–water partition coefficient (Wildman–Crippen LogP) is 5.72. The van der Waals surface area contributed by atoms with Gasteiger partial charge in [0.1, 0.15) is 5.82 Å². The molecule has 5 heteroatoms. The zero-order valence-corrected chi connectivity index (χ0v) is 19.1. The van der Waals surface area contributed by atoms with E-state index >= 15 is 0 Å². The molecule has 0 N–H and O–H groups in total. The summed E-state index contributed by atoms with van der Waals surface area (Å²) >= 11 is 0. The topological polar surface area (TPSA) is 34.5 Å². The Balaban J connectivity index is 1.55. The van der Waals surface area contributed by atoms with Crippen LogP contribution in [0.3, 0.4) is 0 Å². The Morgan fingerprint density at radius 1 is 0.879 bits per heavy atom. The molecule has 4 nitrogen and oxygen atoms in total. The molecule has 1 fully saturated rings. The lowest BCUT2D eigenvalue weighted by atomic mass is 9.96. The van der Waals surface area contributed by atoms with E-state index in [-0.39, 0.29) is 23.6 Å². The number of fused-ring (bicyclic) bond motifs is 1. The summed E-state index contributed by atoms with van der Waals surface area (Å²) in [6.07, 6.45) is 2.27. The molecule has 0 bridgehead atoms. The van der Waals surface area contributed by atoms with Crippen molar-refractivity contribution in [2.45, 2.75) is 33.0 Å². The lowest BCUT2D eigenvalue weighted by Crippen LogP contribution is -2.45. The summed E-state index contributed by atoms with van der Waals surface area (Å²) in [4.78, 5) is 15.8. The Labute approximate surface area is 192 Å². The zero-order chi connectivity index (χ0) is 23.1. The van der Waals surface area contributed by atoms with Gasteiger partial charge >= 0.3 is 0 Å². The molecule has 3 aromatic carbocycles. The van der Waals surface area contributed by atoms with Crippen molar-refractivity contribution in [3.8, 4) is 16.8 Å². The molecule has 0 saturated carbocycles. The van der Waals surface area contributed by atoms with Gasteiger partial charge in [0.25, 0.3) is 5.56 Å². The number of aryl methyl sites for hydroxylation is 1. The second kappa shape index (κ2) is 8.49. The van der Waals surface area contributed by atoms with Crippen molar-refractivity contribution >= 4 is 16.5 Å². The van der Waals surface area contributed by atoms with Crippen LogP contribution < -0.4 is 10.5 Å². The molecule has 0 amide bonds. The van der Waals surface area contributed by atoms with Gasteiger partial charge in [-0.1, -0.05) is 24.3 Å². The third kappa shape index (κ3) is 4.05. The van der Waals surface area contributed by atoms with E-state index in [1.54, 1.807) is 16.7 Å². The van der Waals surface area contributed by atoms with Crippen molar-refractivity contribution in [1.82, 2.24) is 4.57 Å². The van der Waals surface area contributed by atoms with Crippen LogP contribution in [0.25, 0.3) is 27.6 Å². The minimum atomic E-state index is -0.275. The fourth-order valence-corrected chi connectivity index (χ4v) is 4.88. The molecule has 1 aliphatic rings. The molecule has 168 valence electrons. The van der Waals surface area contributed by atoms with Gasteiger partial charge in [-0.2, -0.15) is 0 Å². The first-order valence-corrected chi connectivity index (χ1v) is 11.3. The SMILES string of the molecule is Cc1cn(-c2ccc(N3CC(C)O[C@@H](C)C3)cc2)c(=O)c2cccc(-c3ccc(F)cc3)c12. The van der Waals surface area contributed by atoms with Crippen LogP contribution in [-0.4, -0.2) is 29.9 Å². The minimum Gasteiger partial charge on any atom is -0.372 e. The molecule has 0 aliphatic carbocycles. The summed E-state index contributed by atoms with van der Waals surface area (Å²) in [6, 6.07) is 20.3. The average Bonchev–Trinajstić information content (AvgIpc) is 2.81. The van der Waals surface area contributed by atoms with Crippen LogP contribution in [0.4, 0.5) is 10.1 Å². The van der Waals surface area contributed by atoms with Crippen LogP contribution in [0.5, 0.6) is 0 Å². The number of halogens is 1. The first kappa shape index (κ1) is 21.4. The van der Waals surface area contributed by atoms with Gasteiger partial charge in [-0.3, -0.25) is 9.36 Å². The van der Waals surface area contributed by atoms with Gasteiger partial charge in [0, 0.05) is 36.0 Å². The Morgan fingerprint density at radius 3 is 2.18 bits per heavy atom. The van der Waals surface area contributed by atoms with Crippen molar-refractivity contribution in [2.24, 2.45) is 0 Å². The van der Waals surface area contributed by atoms with Gasteiger partial charge in [0.15, 0.2) is 0 Å². The van der Waals surface area contributed by atoms with E-state index in [1.807, 2.05) is 43.5 Å². The molecule has 0 spiro atoms. The second-order valence-electron chi connectivity index (χ2n) is 8.90. The van der Waals surface area contributed by atoms with E-state index in [4.69, 9.17) is 4.74 Å². The number of pyridine rings is 1. The number of ether oxygens (including phenoxy) is 1. The van der Waals surface area contributed by atoms with Crippen LogP contribution in [0.1, 0.15) is 19.4 Å². The first-order chi connectivity index (χ1) is 15.9. The largest absolute Gasteiger partial charge is 0.372 e. The van der Waals surface area contributed by atoms with Crippen LogP contribution in [-0.2, 0) is 4.74 Å². The molecular formula is C28H27FN2O2. The van der Waals surface area contributed by atoms with Gasteiger partial charge in [-0.05, 0) is 85.3 Å². The maximum Gasteiger partial charge on any atom is 0.262 e. The molecule has 1 aliphatic heterocycles. The molecule has 2 heterocycles. The molecule has 1 saturated heterocycles. The van der Waals surface area contributed by atoms with Gasteiger partial charge in [-0.15, -0.1) is 0 Å². The van der Waals surface area contributed by atoms with Gasteiger partial charge in [0.2, 0.25) is 0 Å². The third-order valence-electron chi connectivity index (χ3n) is 6.30. The molecule has 1 aromatic heterocycles. The molecule has 0 radical (unpaired) electrons. The minimum absolute atomic E-state index is 0.0686. The van der Waals surface area contributed by atoms with Crippen molar-refractivity contribution in [3.05, 3.63) is 94.7 Å². The van der Waals surface area contributed by atoms with Crippen LogP contribution in [0, 0.1) is 12.7 Å². The van der Waals surface area contributed by atoms with E-state index in [0.29, 0.717) is 5.39 Å². The lowest BCUT2D eigenvalue weighted by molar-refractivity contribution is -0.00521. The van der Waals surface area contributed by atoms with Crippen LogP contribution in [0.2, 0.25) is 0 Å². The number of morpholine rings is 1. The van der Waals surface area contributed by atoms with Crippen molar-refractivity contribution in [2.75, 3.05) is 18.0 Å². The van der Waals surface area contributed by atoms with Crippen LogP contribution in [0.15, 0.2) is 77.7 Å². The first-order valence-electron chi connectivity index (χ1n) is 11.3. The molecule has 33 heavy (non-hydrogen) atoms. The third-order valence-corrected chi connectivity index (χ3v) is 6.30. The zero-order valence-electron chi connectivity index (χ0n) is 19.1. The number of nitrogens with zero attached hydrogens (tertiary/aromatic N) is 2. The Hall–Kier alpha value is -3.44. The summed E-state index contributed by atoms with van der Waals surface area (Å²) in [5.41, 5.74) is 4.70. The van der Waals surface area contributed by atoms with Gasteiger partial charge < -0.3 is 9.64 Å². The number of rotatable bonds is 3. The number of hydrogen-bond acceptors (Lipinski definition) is 3. The Morgan fingerprint density at radius 2 is 1.52 bits per heavy atom. The number of hydrogen-bond donors (Lipinski definition) is 0. The number of benzene rings is 3. The summed E-state index contributed by atoms with van der Waals surface area (Å²) in [7, 11) is 0. The summed E-state index contributed by atoms with van der Waals surface area (Å²) in [5.74, 6) is -0.275. The van der Waals surface area contributed by atoms with Gasteiger partial charge in [0.05, 0.1) is 12.2 Å². The normalized spacial score (nSPS) is 18.6. The standard InChI is InChI=1S/C28H27FN2O2/c1-18-15-31(24-13-11-23(12-14-24)30-16-19(2)33-20(3)17-30)28(32)26-6-4-5-25(27(18)26)21-7-9-22(29)10-8-21/h4-15,19-20H,16-17H2,1-3H3/t19-,20?/m0/s1. The Kier molecular flexibility index (Phi) is 5.51. The summed E-state index contributed by atoms with van der Waals surface area (Å²) in [6.45, 7) is 7.90. The van der Waals surface area contributed by atoms with Crippen molar-refractivity contribution in [3.63, 3.8) is 0 Å². The highest BCUT2D eigenvalue weighted by Crippen LogP contribution is 2.30. The Bertz CT molecular complexity index is 1350. The van der Waals surface area contributed by atoms with Crippen molar-refractivity contribution < 1.29 is 9.13 Å². The maximum absolute atomic E-state index is 13.5. The smallest absolute Gasteiger partial charge is 0.262 e. The van der Waals surface area contributed by atoms with Crippen molar-refractivity contribution in [1.29, 1.82) is 0 Å². The van der Waals surface area contributed by atoms with E-state index in [2.05, 4.69) is 30.9 Å². The highest BCUT2D eigenvalue weighted by atomic mass is 19.1. The van der Waals surface area contributed by atoms with E-state index in [1.165, 1.54) is 12.1 Å². The molecule has 2 atom stereocenters. The fourth-order valence-electron chi connectivity index (χ4n) is 4.88. The van der Waals surface area contributed by atoms with E-state index < -0.39 is 0 Å². The number of anilines is 1. The van der Waals surface area contributed by atoms with E-state index in [9.17, 15) is 9.18 Å². The molecule has 1 unspecified atom stereocenters. The summed E-state index contributed by atoms with van der Waals surface area (Å²) in [5, 5.41) is 1.55. The predicted molar refractivity (Wildman–Crippen MR) is 132 cm³/mol. The monoisotopic (exact) mass is 442 g/mol. The average molecular weight is 443 g/mol. The number of aromatic nitrogens is 1. The quantitative estimate of drug-likeness (QED) is 0.407. The molecule has 4 aromatic rings. The van der Waals surface area contributed by atoms with E-state index in [0.717, 1.165) is 46.5 Å². The highest BCUT2D eigenvalue weighted by Gasteiger charge is 2.22. The van der Waals surface area contributed by atoms with Gasteiger partial charge in [-0.25, -0.2) is 4.39 Å². The highest BCUT2D eigenvalue weighted by molar-refractivity contribution is 5.98. The lowest BCUT2D eigenvalue weighted by Gasteiger charge is -2.36. The fraction of sp³-hybridized carbons (Fsp3) is 0.250. The maximum atomic E-state index is 13.5. The molecular weight excluding hydrogens is 415 g/mol. The molecule has 5 rings (SSSR count). The second-order valence-corrected chi connectivity index (χ2v) is 8.90.